The van der Waals surface area contributed by atoms with Crippen molar-refractivity contribution >= 4 is 15.9 Å². The van der Waals surface area contributed by atoms with Crippen LogP contribution in [0.25, 0.3) is 0 Å². The van der Waals surface area contributed by atoms with Gasteiger partial charge in [0.2, 0.25) is 0 Å². The number of hydrogen-bond donors (Lipinski definition) is 4. The topological polar surface area (TPSA) is 118 Å². The van der Waals surface area contributed by atoms with E-state index in [9.17, 15) is 0 Å². The average Bonchev–Trinajstić information content (AvgIpc) is 3.55. The molecule has 0 atom stereocenters. The Morgan fingerprint density at radius 2 is 0.256 bits per heavy atom. The number of aliphatic hydroxyl groups excluding tert-OH is 4. The van der Waals surface area contributed by atoms with Gasteiger partial charge in [-0.05, 0) is 0 Å². The van der Waals surface area contributed by atoms with E-state index in [4.69, 9.17) is 26.8 Å². The maximum Gasteiger partial charge on any atom is 0.0642 e. The normalized spacial score (nSPS) is 6.17. The number of rotatable bonds is 16. The molecule has 540 valence electrons. The molecular formula is C73H193BrO8. The summed E-state index contributed by atoms with van der Waals surface area (Å²) in [6.45, 7) is 71.4. The number of unbranched alkanes of at least 4 members (excludes halogenated alkanes) is 16. The summed E-state index contributed by atoms with van der Waals surface area (Å²) < 4.78 is 17.0. The number of methoxy groups -OCH3 is 4. The first-order chi connectivity index (χ1) is 39.9. The Balaban J connectivity index is -0.0000000167. The monoisotopic (exact) mass is 1280 g/mol. The van der Waals surface area contributed by atoms with Crippen LogP contribution in [0.3, 0.4) is 0 Å². The number of ether oxygens (including phenoxy) is 4. The summed E-state index contributed by atoms with van der Waals surface area (Å²) in [5, 5.41) is 28.7. The minimum Gasteiger partial charge on any atom is -0.400 e. The molecule has 8 nitrogen and oxygen atoms in total. The van der Waals surface area contributed by atoms with Gasteiger partial charge in [0, 0.05) is 85.3 Å². The van der Waals surface area contributed by atoms with Crippen LogP contribution in [0.1, 0.15) is 390 Å². The van der Waals surface area contributed by atoms with Gasteiger partial charge in [-0.3, -0.25) is 0 Å². The van der Waals surface area contributed by atoms with Gasteiger partial charge in [-0.1, -0.05) is 411 Å². The molecular weight excluding hydrogens is 1080 g/mol. The van der Waals surface area contributed by atoms with E-state index in [0.717, 1.165) is 28.4 Å². The summed E-state index contributed by atoms with van der Waals surface area (Å²) in [6.07, 6.45) is 37.3. The first-order valence-corrected chi connectivity index (χ1v) is 35.4. The second-order valence-corrected chi connectivity index (χ2v) is 13.4. The molecule has 0 unspecified atom stereocenters. The number of aliphatic hydroxyl groups is 4. The predicted molar refractivity (Wildman–Crippen MR) is 411 cm³/mol. The van der Waals surface area contributed by atoms with Gasteiger partial charge in [0.1, 0.15) is 0 Å². The highest BCUT2D eigenvalue weighted by Gasteiger charge is 1.71. The molecule has 0 saturated heterocycles. The van der Waals surface area contributed by atoms with Crippen LogP contribution in [-0.2, 0) is 18.9 Å². The van der Waals surface area contributed by atoms with Crippen LogP contribution in [-0.4, -0.2) is 111 Å². The highest BCUT2D eigenvalue weighted by Crippen LogP contribution is 1.91. The fraction of sp³-hybridized carbons (Fsp3) is 0.973. The number of terminal acetylenes is 1. The van der Waals surface area contributed by atoms with Crippen molar-refractivity contribution in [1.29, 1.82) is 0 Å². The Hall–Kier alpha value is -0.280. The molecule has 0 aliphatic rings. The van der Waals surface area contributed by atoms with Gasteiger partial charge < -0.3 is 39.4 Å². The summed E-state index contributed by atoms with van der Waals surface area (Å²) in [5.41, 5.74) is 0. The van der Waals surface area contributed by atoms with Crippen molar-refractivity contribution in [3.05, 3.63) is 0 Å². The SMILES string of the molecule is C#CCBr.CC.CC.CC.CC.CC.CC.CC.CC.CC.CCCCC.CCCCC.CCCCC.CCCCC.CCCCC.CCCCC.CCCCC.CCCCC.CO.CO.CO.CO.COC.COC.COC.COC. The van der Waals surface area contributed by atoms with Crippen molar-refractivity contribution in [2.45, 2.75) is 390 Å². The summed E-state index contributed by atoms with van der Waals surface area (Å²) in [4.78, 5) is 0. The Morgan fingerprint density at radius 3 is 0.256 bits per heavy atom. The summed E-state index contributed by atoms with van der Waals surface area (Å²) in [5.74, 6) is 2.35. The van der Waals surface area contributed by atoms with E-state index in [1.54, 1.807) is 56.9 Å². The predicted octanol–water partition coefficient (Wildman–Crippen LogP) is 27.3. The molecule has 0 aromatic rings. The highest BCUT2D eigenvalue weighted by molar-refractivity contribution is 9.09. The van der Waals surface area contributed by atoms with E-state index < -0.39 is 0 Å². The molecule has 82 heavy (non-hydrogen) atoms. The summed E-state index contributed by atoms with van der Waals surface area (Å²) in [7, 11) is 17.0. The van der Waals surface area contributed by atoms with Crippen molar-refractivity contribution in [2.75, 3.05) is 90.6 Å². The van der Waals surface area contributed by atoms with Crippen LogP contribution < -0.4 is 0 Å². The third-order valence-electron chi connectivity index (χ3n) is 5.73. The molecule has 0 fully saturated rings. The van der Waals surface area contributed by atoms with Crippen molar-refractivity contribution < 1.29 is 39.4 Å². The van der Waals surface area contributed by atoms with E-state index in [1.807, 2.05) is 125 Å². The van der Waals surface area contributed by atoms with E-state index in [2.05, 4.69) is 152 Å². The molecule has 0 aromatic carbocycles. The second kappa shape index (κ2) is 581. The van der Waals surface area contributed by atoms with Crippen molar-refractivity contribution in [2.24, 2.45) is 0 Å². The lowest BCUT2D eigenvalue weighted by Gasteiger charge is -1.79. The zero-order valence-corrected chi connectivity index (χ0v) is 70.1. The van der Waals surface area contributed by atoms with E-state index in [1.165, 1.54) is 154 Å². The van der Waals surface area contributed by atoms with Gasteiger partial charge in [-0.25, -0.2) is 0 Å². The van der Waals surface area contributed by atoms with Crippen LogP contribution in [0.2, 0.25) is 0 Å². The van der Waals surface area contributed by atoms with Gasteiger partial charge in [0.15, 0.2) is 0 Å². The molecule has 0 aliphatic heterocycles. The van der Waals surface area contributed by atoms with Gasteiger partial charge in [-0.2, -0.15) is 0 Å². The molecule has 0 saturated carbocycles. The lowest BCUT2D eigenvalue weighted by atomic mass is 10.3. The molecule has 0 aromatic heterocycles. The maximum absolute atomic E-state index is 7.00. The number of hydrogen-bond acceptors (Lipinski definition) is 8. The zero-order chi connectivity index (χ0) is 73.2. The minimum atomic E-state index is 0.660. The van der Waals surface area contributed by atoms with Crippen LogP contribution in [0.15, 0.2) is 0 Å². The Labute approximate surface area is 545 Å². The van der Waals surface area contributed by atoms with Crippen molar-refractivity contribution in [1.82, 2.24) is 0 Å². The van der Waals surface area contributed by atoms with Crippen LogP contribution in [0.4, 0.5) is 0 Å². The van der Waals surface area contributed by atoms with Gasteiger partial charge in [-0.15, -0.1) is 6.42 Å². The van der Waals surface area contributed by atoms with Crippen LogP contribution in [0.5, 0.6) is 0 Å². The fourth-order valence-corrected chi connectivity index (χ4v) is 2.83. The maximum atomic E-state index is 7.00. The zero-order valence-electron chi connectivity index (χ0n) is 68.6. The first kappa shape index (κ1) is 172. The standard InChI is InChI=1S/8C5H12.C3H3Br.4C2H6O.9C2H6.4CH4O/c8*1-3-5-4-2;1-2-3-4;4*1-3-2;13*1-2/h8*3-5H2,1-2H3;1H,3H2;4*1-2H3;9*1-2H3;4*2H,1H3. The molecule has 0 bridgehead atoms. The van der Waals surface area contributed by atoms with Crippen molar-refractivity contribution in [3.8, 4) is 12.3 Å². The quantitative estimate of drug-likeness (QED) is 0.0892. The van der Waals surface area contributed by atoms with Gasteiger partial charge in [0.25, 0.3) is 0 Å². The van der Waals surface area contributed by atoms with Gasteiger partial charge >= 0.3 is 0 Å². The van der Waals surface area contributed by atoms with Crippen LogP contribution in [0, 0.1) is 12.3 Å². The van der Waals surface area contributed by atoms with Gasteiger partial charge in [0.05, 0.1) is 5.33 Å². The molecule has 9 heteroatoms. The molecule has 0 amide bonds. The Bertz CT molecular complexity index is 299. The highest BCUT2D eigenvalue weighted by atomic mass is 79.9. The first-order valence-electron chi connectivity index (χ1n) is 34.3. The lowest BCUT2D eigenvalue weighted by molar-refractivity contribution is 0.277. The largest absolute Gasteiger partial charge is 0.400 e. The molecule has 0 spiro atoms. The van der Waals surface area contributed by atoms with E-state index >= 15 is 0 Å². The third kappa shape index (κ3) is 1770. The average molecular weight is 1280 g/mol. The minimum absolute atomic E-state index is 0.660. The second-order valence-electron chi connectivity index (χ2n) is 12.8. The van der Waals surface area contributed by atoms with Crippen LogP contribution >= 0.6 is 15.9 Å². The fourth-order valence-electron chi connectivity index (χ4n) is 2.83. The molecule has 4 N–H and O–H groups in total. The number of alkyl halides is 1. The molecule has 0 aliphatic carbocycles. The summed E-state index contributed by atoms with van der Waals surface area (Å²) >= 11 is 3.01. The molecule has 0 heterocycles. The Kier molecular flexibility index (Phi) is 1210. The van der Waals surface area contributed by atoms with E-state index in [0.29, 0.717) is 5.33 Å². The summed E-state index contributed by atoms with van der Waals surface area (Å²) in [6, 6.07) is 0. The van der Waals surface area contributed by atoms with E-state index in [-0.39, 0.29) is 0 Å². The third-order valence-corrected chi connectivity index (χ3v) is 6.06. The molecule has 0 rings (SSSR count). The number of halogens is 1. The Morgan fingerprint density at radius 1 is 0.220 bits per heavy atom. The smallest absolute Gasteiger partial charge is 0.0642 e. The molecule has 0 radical (unpaired) electrons. The lowest BCUT2D eigenvalue weighted by Crippen LogP contribution is -1.59. The van der Waals surface area contributed by atoms with Crippen molar-refractivity contribution in [3.63, 3.8) is 0 Å².